The molecule has 0 bridgehead atoms. The second kappa shape index (κ2) is 8.82. The van der Waals surface area contributed by atoms with Crippen LogP contribution < -0.4 is 5.32 Å². The predicted molar refractivity (Wildman–Crippen MR) is 111 cm³/mol. The number of thiophene rings is 1. The Balaban J connectivity index is 1.32. The van der Waals surface area contributed by atoms with E-state index < -0.39 is 0 Å². The summed E-state index contributed by atoms with van der Waals surface area (Å²) < 4.78 is 0. The van der Waals surface area contributed by atoms with Crippen molar-refractivity contribution in [2.45, 2.75) is 31.0 Å². The number of carbonyl (C=O) groups excluding carboxylic acids is 1. The number of likely N-dealkylation sites (tertiary alicyclic amines) is 1. The number of nitrogens with zero attached hydrogens (tertiary/aromatic N) is 3. The van der Waals surface area contributed by atoms with Crippen molar-refractivity contribution in [3.8, 4) is 0 Å². The van der Waals surface area contributed by atoms with Gasteiger partial charge in [-0.2, -0.15) is 0 Å². The molecule has 0 saturated carbocycles. The lowest BCUT2D eigenvalue weighted by molar-refractivity contribution is -0.118. The number of amides is 1. The third-order valence-electron chi connectivity index (χ3n) is 4.75. The van der Waals surface area contributed by atoms with Crippen molar-refractivity contribution in [3.05, 3.63) is 53.2 Å². The van der Waals surface area contributed by atoms with Crippen LogP contribution in [0.25, 0.3) is 10.2 Å². The van der Waals surface area contributed by atoms with Crippen molar-refractivity contribution in [1.29, 1.82) is 0 Å². The Hall–Kier alpha value is -1.96. The maximum atomic E-state index is 12.3. The highest BCUT2D eigenvalue weighted by molar-refractivity contribution is 8.00. The van der Waals surface area contributed by atoms with E-state index >= 15 is 0 Å². The number of hydrogen-bond donors (Lipinski definition) is 1. The largest absolute Gasteiger partial charge is 0.351 e. The van der Waals surface area contributed by atoms with Crippen LogP contribution in [-0.2, 0) is 17.9 Å². The average molecular weight is 399 g/mol. The van der Waals surface area contributed by atoms with Gasteiger partial charge in [0.15, 0.2) is 0 Å². The Morgan fingerprint density at radius 1 is 1.15 bits per heavy atom. The fraction of sp³-hybridized carbons (Fsp3) is 0.350. The van der Waals surface area contributed by atoms with Crippen LogP contribution in [0.2, 0.25) is 0 Å². The van der Waals surface area contributed by atoms with Crippen molar-refractivity contribution in [3.63, 3.8) is 0 Å². The van der Waals surface area contributed by atoms with Gasteiger partial charge in [0.25, 0.3) is 0 Å². The van der Waals surface area contributed by atoms with E-state index in [1.165, 1.54) is 48.8 Å². The maximum Gasteiger partial charge on any atom is 0.230 e. The van der Waals surface area contributed by atoms with E-state index in [0.717, 1.165) is 21.8 Å². The summed E-state index contributed by atoms with van der Waals surface area (Å²) in [6.45, 7) is 3.89. The Bertz CT molecular complexity index is 921. The molecular formula is C20H22N4OS2. The lowest BCUT2D eigenvalue weighted by Crippen LogP contribution is -2.26. The number of carbonyl (C=O) groups is 1. The Morgan fingerprint density at radius 3 is 2.81 bits per heavy atom. The minimum Gasteiger partial charge on any atom is -0.351 e. The molecular weight excluding hydrogens is 376 g/mol. The SMILES string of the molecule is O=C(CSc1ncnc2sccc12)NCc1ccccc1CN1CCCC1. The van der Waals surface area contributed by atoms with Gasteiger partial charge >= 0.3 is 0 Å². The van der Waals surface area contributed by atoms with Crippen LogP contribution in [0.1, 0.15) is 24.0 Å². The van der Waals surface area contributed by atoms with Gasteiger partial charge in [0.1, 0.15) is 16.2 Å². The van der Waals surface area contributed by atoms with Gasteiger partial charge in [0.05, 0.1) is 5.75 Å². The first kappa shape index (κ1) is 18.4. The molecule has 0 aliphatic carbocycles. The van der Waals surface area contributed by atoms with Crippen molar-refractivity contribution in [2.75, 3.05) is 18.8 Å². The first-order valence-electron chi connectivity index (χ1n) is 9.16. The number of aromatic nitrogens is 2. The number of nitrogens with one attached hydrogen (secondary N) is 1. The Kier molecular flexibility index (Phi) is 6.01. The van der Waals surface area contributed by atoms with Crippen molar-refractivity contribution in [2.24, 2.45) is 0 Å². The van der Waals surface area contributed by atoms with E-state index in [1.807, 2.05) is 17.5 Å². The van der Waals surface area contributed by atoms with Gasteiger partial charge < -0.3 is 5.32 Å². The lowest BCUT2D eigenvalue weighted by atomic mass is 10.1. The van der Waals surface area contributed by atoms with Gasteiger partial charge in [-0.1, -0.05) is 36.0 Å². The zero-order valence-electron chi connectivity index (χ0n) is 15.1. The molecule has 1 aliphatic rings. The molecule has 7 heteroatoms. The van der Waals surface area contributed by atoms with Gasteiger partial charge in [0, 0.05) is 18.5 Å². The standard InChI is InChI=1S/C20H22N4OS2/c25-18(13-27-20-17-7-10-26-19(17)22-14-23-20)21-11-15-5-1-2-6-16(15)12-24-8-3-4-9-24/h1-2,5-7,10,14H,3-4,8-9,11-13H2,(H,21,25). The van der Waals surface area contributed by atoms with Crippen LogP contribution in [0.5, 0.6) is 0 Å². The molecule has 3 aromatic rings. The minimum absolute atomic E-state index is 0.0259. The molecule has 4 rings (SSSR count). The van der Waals surface area contributed by atoms with E-state index in [-0.39, 0.29) is 5.91 Å². The van der Waals surface area contributed by atoms with E-state index in [1.54, 1.807) is 17.7 Å². The molecule has 3 heterocycles. The smallest absolute Gasteiger partial charge is 0.230 e. The van der Waals surface area contributed by atoms with Crippen LogP contribution >= 0.6 is 23.1 Å². The van der Waals surface area contributed by atoms with Gasteiger partial charge in [-0.3, -0.25) is 9.69 Å². The molecule has 0 atom stereocenters. The van der Waals surface area contributed by atoms with E-state index in [2.05, 4.69) is 38.4 Å². The third-order valence-corrected chi connectivity index (χ3v) is 6.58. The van der Waals surface area contributed by atoms with Crippen molar-refractivity contribution in [1.82, 2.24) is 20.2 Å². The first-order valence-corrected chi connectivity index (χ1v) is 11.0. The molecule has 1 amide bonds. The fourth-order valence-corrected chi connectivity index (χ4v) is 4.94. The molecule has 0 radical (unpaired) electrons. The normalized spacial score (nSPS) is 14.7. The number of thioether (sulfide) groups is 1. The van der Waals surface area contributed by atoms with Crippen LogP contribution in [0.15, 0.2) is 47.1 Å². The van der Waals surface area contributed by atoms with Crippen LogP contribution in [-0.4, -0.2) is 39.6 Å². The highest BCUT2D eigenvalue weighted by atomic mass is 32.2. The van der Waals surface area contributed by atoms with Crippen LogP contribution in [0, 0.1) is 0 Å². The van der Waals surface area contributed by atoms with Crippen molar-refractivity contribution >= 4 is 39.2 Å². The fourth-order valence-electron chi connectivity index (χ4n) is 3.33. The minimum atomic E-state index is 0.0259. The Morgan fingerprint density at radius 2 is 1.96 bits per heavy atom. The van der Waals surface area contributed by atoms with Gasteiger partial charge in [-0.05, 0) is 48.5 Å². The summed E-state index contributed by atoms with van der Waals surface area (Å²) in [5.41, 5.74) is 2.51. The summed E-state index contributed by atoms with van der Waals surface area (Å²) in [5, 5.41) is 6.95. The number of rotatable bonds is 7. The summed E-state index contributed by atoms with van der Waals surface area (Å²) in [5.74, 6) is 0.383. The van der Waals surface area contributed by atoms with Crippen LogP contribution in [0.3, 0.4) is 0 Å². The molecule has 5 nitrogen and oxygen atoms in total. The number of benzene rings is 1. The molecule has 27 heavy (non-hydrogen) atoms. The summed E-state index contributed by atoms with van der Waals surface area (Å²) >= 11 is 3.05. The van der Waals surface area contributed by atoms with E-state index in [0.29, 0.717) is 12.3 Å². The third kappa shape index (κ3) is 4.66. The zero-order chi connectivity index (χ0) is 18.5. The predicted octanol–water partition coefficient (Wildman–Crippen LogP) is 3.70. The highest BCUT2D eigenvalue weighted by Gasteiger charge is 2.14. The first-order chi connectivity index (χ1) is 13.3. The van der Waals surface area contributed by atoms with E-state index in [9.17, 15) is 4.79 Å². The number of hydrogen-bond acceptors (Lipinski definition) is 6. The van der Waals surface area contributed by atoms with E-state index in [4.69, 9.17) is 0 Å². The molecule has 2 aromatic heterocycles. The molecule has 1 saturated heterocycles. The average Bonchev–Trinajstić information content (AvgIpc) is 3.37. The number of fused-ring (bicyclic) bond motifs is 1. The molecule has 0 unspecified atom stereocenters. The summed E-state index contributed by atoms with van der Waals surface area (Å²) in [7, 11) is 0. The second-order valence-corrected chi connectivity index (χ2v) is 8.49. The summed E-state index contributed by atoms with van der Waals surface area (Å²) in [4.78, 5) is 24.3. The Labute approximate surface area is 167 Å². The van der Waals surface area contributed by atoms with Gasteiger partial charge in [0.2, 0.25) is 5.91 Å². The zero-order valence-corrected chi connectivity index (χ0v) is 16.7. The van der Waals surface area contributed by atoms with Crippen molar-refractivity contribution < 1.29 is 4.79 Å². The van der Waals surface area contributed by atoms with Gasteiger partial charge in [-0.25, -0.2) is 9.97 Å². The quantitative estimate of drug-likeness (QED) is 0.486. The van der Waals surface area contributed by atoms with Crippen LogP contribution in [0.4, 0.5) is 0 Å². The monoisotopic (exact) mass is 398 g/mol. The lowest BCUT2D eigenvalue weighted by Gasteiger charge is -2.17. The topological polar surface area (TPSA) is 58.1 Å². The second-order valence-electron chi connectivity index (χ2n) is 6.64. The molecule has 1 aromatic carbocycles. The molecule has 0 spiro atoms. The highest BCUT2D eigenvalue weighted by Crippen LogP contribution is 2.27. The maximum absolute atomic E-state index is 12.3. The molecule has 1 fully saturated rings. The summed E-state index contributed by atoms with van der Waals surface area (Å²) in [6, 6.07) is 10.4. The summed E-state index contributed by atoms with van der Waals surface area (Å²) in [6.07, 6.45) is 4.14. The van der Waals surface area contributed by atoms with Gasteiger partial charge in [-0.15, -0.1) is 11.3 Å². The molecule has 140 valence electrons. The molecule has 1 aliphatic heterocycles. The molecule has 1 N–H and O–H groups in total.